The van der Waals surface area contributed by atoms with Crippen molar-refractivity contribution in [1.82, 2.24) is 20.3 Å². The predicted molar refractivity (Wildman–Crippen MR) is 112 cm³/mol. The Kier molecular flexibility index (Phi) is 5.68. The van der Waals surface area contributed by atoms with Crippen LogP contribution in [0.3, 0.4) is 0 Å². The zero-order chi connectivity index (χ0) is 22.1. The maximum Gasteiger partial charge on any atom is 0.267 e. The number of rotatable bonds is 6. The van der Waals surface area contributed by atoms with E-state index in [1.54, 1.807) is 24.3 Å². The van der Waals surface area contributed by atoms with Gasteiger partial charge in [0.2, 0.25) is 0 Å². The molecule has 1 amide bonds. The number of hydrogen-bond acceptors (Lipinski definition) is 6. The van der Waals surface area contributed by atoms with E-state index in [9.17, 15) is 13.6 Å². The number of nitrogens with two attached hydrogens (primary N) is 1. The normalized spacial score (nSPS) is 11.7. The number of nitrogens with one attached hydrogen (secondary N) is 4. The number of fused-ring (bicyclic) bond motifs is 1. The standard InChI is InChI=1S/C20H23F2N7O/c1-20(2,3)29-18-15(17(24)26-9-27-18)16(23)11-5-4-10-6-13(28-12(10)7-11)19(30)25-8-14(21)22/h4-7,9,14,23,28H,8H2,1-3H3,(H,25,30)(H3,24,26,27,29). The van der Waals surface area contributed by atoms with Gasteiger partial charge in [-0.2, -0.15) is 0 Å². The van der Waals surface area contributed by atoms with Crippen LogP contribution in [0.1, 0.15) is 42.4 Å². The number of carbonyl (C=O) groups excluding carboxylic acids is 1. The first-order chi connectivity index (χ1) is 14.0. The van der Waals surface area contributed by atoms with Crippen molar-refractivity contribution in [3.63, 3.8) is 0 Å². The van der Waals surface area contributed by atoms with Crippen LogP contribution in [0.25, 0.3) is 10.9 Å². The molecule has 0 radical (unpaired) electrons. The van der Waals surface area contributed by atoms with Crippen LogP contribution in [0, 0.1) is 5.41 Å². The van der Waals surface area contributed by atoms with Gasteiger partial charge in [-0.05, 0) is 32.9 Å². The predicted octanol–water partition coefficient (Wildman–Crippen LogP) is 3.16. The Bertz CT molecular complexity index is 1100. The van der Waals surface area contributed by atoms with Crippen LogP contribution in [0.2, 0.25) is 0 Å². The van der Waals surface area contributed by atoms with Crippen LogP contribution in [-0.4, -0.2) is 45.1 Å². The summed E-state index contributed by atoms with van der Waals surface area (Å²) in [5, 5.41) is 14.8. The molecule has 0 fully saturated rings. The van der Waals surface area contributed by atoms with E-state index >= 15 is 0 Å². The lowest BCUT2D eigenvalue weighted by Gasteiger charge is -2.23. The van der Waals surface area contributed by atoms with Crippen LogP contribution in [0.15, 0.2) is 30.6 Å². The fourth-order valence-corrected chi connectivity index (χ4v) is 2.91. The molecule has 0 aliphatic carbocycles. The number of alkyl halides is 2. The summed E-state index contributed by atoms with van der Waals surface area (Å²) in [6.45, 7) is 5.17. The second-order valence-electron chi connectivity index (χ2n) is 7.82. The van der Waals surface area contributed by atoms with Crippen molar-refractivity contribution in [2.24, 2.45) is 0 Å². The molecular weight excluding hydrogens is 392 g/mol. The second kappa shape index (κ2) is 8.05. The lowest BCUT2D eigenvalue weighted by atomic mass is 10.0. The van der Waals surface area contributed by atoms with Crippen LogP contribution in [0.5, 0.6) is 0 Å². The Balaban J connectivity index is 1.94. The van der Waals surface area contributed by atoms with Gasteiger partial charge < -0.3 is 21.4 Å². The number of hydrogen-bond donors (Lipinski definition) is 5. The van der Waals surface area contributed by atoms with Gasteiger partial charge in [0.25, 0.3) is 12.3 Å². The summed E-state index contributed by atoms with van der Waals surface area (Å²) < 4.78 is 24.6. The molecule has 0 aliphatic rings. The van der Waals surface area contributed by atoms with Gasteiger partial charge in [-0.25, -0.2) is 18.7 Å². The number of nitrogen functional groups attached to an aromatic ring is 1. The summed E-state index contributed by atoms with van der Waals surface area (Å²) in [5.41, 5.74) is 7.49. The Morgan fingerprint density at radius 3 is 2.67 bits per heavy atom. The van der Waals surface area contributed by atoms with Crippen molar-refractivity contribution < 1.29 is 13.6 Å². The van der Waals surface area contributed by atoms with Gasteiger partial charge in [0.1, 0.15) is 23.7 Å². The third-order valence-electron chi connectivity index (χ3n) is 4.19. The van der Waals surface area contributed by atoms with E-state index in [0.717, 1.165) is 0 Å². The fraction of sp³-hybridized carbons (Fsp3) is 0.300. The molecule has 3 aromatic rings. The minimum atomic E-state index is -2.63. The number of amides is 1. The number of anilines is 2. The first-order valence-corrected chi connectivity index (χ1v) is 9.22. The highest BCUT2D eigenvalue weighted by atomic mass is 19.3. The molecule has 0 spiro atoms. The van der Waals surface area contributed by atoms with Gasteiger partial charge in [0.05, 0.1) is 17.8 Å². The summed E-state index contributed by atoms with van der Waals surface area (Å²) in [7, 11) is 0. The molecule has 0 aliphatic heterocycles. The lowest BCUT2D eigenvalue weighted by Crippen LogP contribution is -2.28. The van der Waals surface area contributed by atoms with Gasteiger partial charge in [0.15, 0.2) is 0 Å². The number of aromatic amines is 1. The zero-order valence-corrected chi connectivity index (χ0v) is 16.8. The Labute approximate surface area is 171 Å². The first-order valence-electron chi connectivity index (χ1n) is 9.22. The third kappa shape index (κ3) is 4.70. The van der Waals surface area contributed by atoms with Crippen molar-refractivity contribution in [3.05, 3.63) is 47.4 Å². The van der Waals surface area contributed by atoms with Gasteiger partial charge in [-0.3, -0.25) is 10.2 Å². The Morgan fingerprint density at radius 1 is 1.27 bits per heavy atom. The van der Waals surface area contributed by atoms with Crippen LogP contribution >= 0.6 is 0 Å². The molecule has 2 heterocycles. The highest BCUT2D eigenvalue weighted by Crippen LogP contribution is 2.26. The Morgan fingerprint density at radius 2 is 2.00 bits per heavy atom. The number of halogens is 2. The van der Waals surface area contributed by atoms with E-state index in [1.807, 2.05) is 20.8 Å². The van der Waals surface area contributed by atoms with Gasteiger partial charge in [-0.1, -0.05) is 12.1 Å². The van der Waals surface area contributed by atoms with Crippen molar-refractivity contribution in [3.8, 4) is 0 Å². The third-order valence-corrected chi connectivity index (χ3v) is 4.19. The molecule has 0 saturated heterocycles. The van der Waals surface area contributed by atoms with E-state index in [1.165, 1.54) is 6.33 Å². The minimum Gasteiger partial charge on any atom is -0.383 e. The summed E-state index contributed by atoms with van der Waals surface area (Å²) in [4.78, 5) is 23.2. The maximum absolute atomic E-state index is 12.3. The molecule has 0 bridgehead atoms. The number of nitrogens with zero attached hydrogens (tertiary/aromatic N) is 2. The number of aromatic nitrogens is 3. The number of benzene rings is 1. The van der Waals surface area contributed by atoms with E-state index < -0.39 is 18.9 Å². The van der Waals surface area contributed by atoms with Gasteiger partial charge in [-0.15, -0.1) is 0 Å². The van der Waals surface area contributed by atoms with Crippen molar-refractivity contribution >= 4 is 34.2 Å². The fourth-order valence-electron chi connectivity index (χ4n) is 2.91. The van der Waals surface area contributed by atoms with Crippen LogP contribution in [0.4, 0.5) is 20.4 Å². The van der Waals surface area contributed by atoms with E-state index in [4.69, 9.17) is 11.1 Å². The summed E-state index contributed by atoms with van der Waals surface area (Å²) >= 11 is 0. The molecule has 1 aromatic carbocycles. The average molecular weight is 415 g/mol. The smallest absolute Gasteiger partial charge is 0.267 e. The van der Waals surface area contributed by atoms with Crippen molar-refractivity contribution in [1.29, 1.82) is 5.41 Å². The zero-order valence-electron chi connectivity index (χ0n) is 16.8. The summed E-state index contributed by atoms with van der Waals surface area (Å²) in [6, 6.07) is 6.70. The molecule has 30 heavy (non-hydrogen) atoms. The SMILES string of the molecule is CC(C)(C)Nc1ncnc(N)c1C(=N)c1ccc2cc(C(=O)NCC(F)F)[nH]c2c1. The topological polar surface area (TPSA) is 133 Å². The van der Waals surface area contributed by atoms with E-state index in [-0.39, 0.29) is 22.8 Å². The monoisotopic (exact) mass is 415 g/mol. The van der Waals surface area contributed by atoms with E-state index in [0.29, 0.717) is 27.8 Å². The second-order valence-corrected chi connectivity index (χ2v) is 7.82. The van der Waals surface area contributed by atoms with Crippen LogP contribution in [-0.2, 0) is 0 Å². The molecule has 6 N–H and O–H groups in total. The number of carbonyl (C=O) groups is 1. The average Bonchev–Trinajstić information content (AvgIpc) is 3.08. The first kappa shape index (κ1) is 21.2. The molecule has 10 heteroatoms. The molecule has 3 rings (SSSR count). The van der Waals surface area contributed by atoms with Crippen LogP contribution < -0.4 is 16.4 Å². The maximum atomic E-state index is 12.3. The Hall–Kier alpha value is -3.56. The largest absolute Gasteiger partial charge is 0.383 e. The highest BCUT2D eigenvalue weighted by Gasteiger charge is 2.20. The molecular formula is C20H23F2N7O. The van der Waals surface area contributed by atoms with Crippen molar-refractivity contribution in [2.75, 3.05) is 17.6 Å². The van der Waals surface area contributed by atoms with Gasteiger partial charge in [0, 0.05) is 22.0 Å². The quantitative estimate of drug-likeness (QED) is 0.395. The molecule has 0 saturated carbocycles. The number of H-pyrrole nitrogens is 1. The molecule has 2 aromatic heterocycles. The molecule has 8 nitrogen and oxygen atoms in total. The minimum absolute atomic E-state index is 0.111. The van der Waals surface area contributed by atoms with E-state index in [2.05, 4.69) is 25.6 Å². The summed E-state index contributed by atoms with van der Waals surface area (Å²) in [5.74, 6) is -0.0143. The molecule has 0 atom stereocenters. The lowest BCUT2D eigenvalue weighted by molar-refractivity contribution is 0.0888. The van der Waals surface area contributed by atoms with Gasteiger partial charge >= 0.3 is 0 Å². The van der Waals surface area contributed by atoms with Crippen molar-refractivity contribution in [2.45, 2.75) is 32.7 Å². The highest BCUT2D eigenvalue weighted by molar-refractivity contribution is 6.17. The molecule has 158 valence electrons. The summed E-state index contributed by atoms with van der Waals surface area (Å²) in [6.07, 6.45) is -1.29. The molecule has 0 unspecified atom stereocenters.